The van der Waals surface area contributed by atoms with Crippen LogP contribution >= 0.6 is 0 Å². The molecule has 8 nitrogen and oxygen atoms in total. The van der Waals surface area contributed by atoms with Gasteiger partial charge in [-0.25, -0.2) is 19.7 Å². The average Bonchev–Trinajstić information content (AvgIpc) is 3.17. The lowest BCUT2D eigenvalue weighted by Gasteiger charge is -2.32. The molecule has 2 aliphatic carbocycles. The minimum Gasteiger partial charge on any atom is -0.475 e. The van der Waals surface area contributed by atoms with Crippen molar-refractivity contribution < 1.29 is 9.90 Å². The summed E-state index contributed by atoms with van der Waals surface area (Å²) < 4.78 is 2.21. The average molecular weight is 505 g/mol. The number of pyridine rings is 1. The van der Waals surface area contributed by atoms with E-state index in [2.05, 4.69) is 66.6 Å². The first kappa shape index (κ1) is 25.6. The topological polar surface area (TPSA) is 106 Å². The summed E-state index contributed by atoms with van der Waals surface area (Å²) in [7, 11) is 0. The fourth-order valence-corrected chi connectivity index (χ4v) is 5.67. The maximum atomic E-state index is 11.9. The number of aromatic carboxylic acids is 1. The van der Waals surface area contributed by atoms with Crippen LogP contribution in [0, 0.1) is 17.8 Å². The molecule has 8 heteroatoms. The van der Waals surface area contributed by atoms with Gasteiger partial charge < -0.3 is 15.0 Å². The Kier molecular flexibility index (Phi) is 6.94. The van der Waals surface area contributed by atoms with E-state index in [4.69, 9.17) is 9.97 Å². The summed E-state index contributed by atoms with van der Waals surface area (Å²) in [6.07, 6.45) is 10.3. The number of anilines is 1. The van der Waals surface area contributed by atoms with E-state index >= 15 is 0 Å². The van der Waals surface area contributed by atoms with Crippen molar-refractivity contribution in [2.45, 2.75) is 97.6 Å². The Labute approximate surface area is 219 Å². The van der Waals surface area contributed by atoms with Gasteiger partial charge in [-0.05, 0) is 73.5 Å². The maximum absolute atomic E-state index is 11.9. The molecule has 0 aliphatic heterocycles. The molecule has 1 atom stereocenters. The number of carboxylic acid groups (broad SMARTS) is 1. The van der Waals surface area contributed by atoms with Crippen LogP contribution in [-0.4, -0.2) is 41.6 Å². The Morgan fingerprint density at radius 2 is 1.86 bits per heavy atom. The Morgan fingerprint density at radius 3 is 2.49 bits per heavy atom. The summed E-state index contributed by atoms with van der Waals surface area (Å²) in [6, 6.07) is 4.35. The highest BCUT2D eigenvalue weighted by atomic mass is 16.4. The number of carboxylic acids is 1. The molecule has 0 spiro atoms. The summed E-state index contributed by atoms with van der Waals surface area (Å²) in [5, 5.41) is 13.3. The van der Waals surface area contributed by atoms with Crippen molar-refractivity contribution in [3.8, 4) is 11.5 Å². The molecule has 5 rings (SSSR count). The lowest BCUT2D eigenvalue weighted by atomic mass is 9.80. The minimum absolute atomic E-state index is 0.0325. The van der Waals surface area contributed by atoms with Crippen LogP contribution in [0.15, 0.2) is 18.3 Å². The van der Waals surface area contributed by atoms with Crippen LogP contribution in [0.5, 0.6) is 0 Å². The zero-order valence-corrected chi connectivity index (χ0v) is 22.8. The molecule has 2 aliphatic rings. The van der Waals surface area contributed by atoms with Crippen molar-refractivity contribution in [2.75, 3.05) is 5.32 Å². The third-order valence-corrected chi connectivity index (χ3v) is 8.45. The van der Waals surface area contributed by atoms with Crippen molar-refractivity contribution in [3.63, 3.8) is 0 Å². The molecular weight excluding hydrogens is 464 g/mol. The third kappa shape index (κ3) is 5.34. The Bertz CT molecular complexity index is 1280. The lowest BCUT2D eigenvalue weighted by Crippen LogP contribution is -2.31. The van der Waals surface area contributed by atoms with E-state index in [9.17, 15) is 9.90 Å². The molecule has 198 valence electrons. The second kappa shape index (κ2) is 10.0. The van der Waals surface area contributed by atoms with E-state index in [-0.39, 0.29) is 17.3 Å². The predicted molar refractivity (Wildman–Crippen MR) is 146 cm³/mol. The highest BCUT2D eigenvalue weighted by Crippen LogP contribution is 2.36. The van der Waals surface area contributed by atoms with Gasteiger partial charge in [0.25, 0.3) is 0 Å². The predicted octanol–water partition coefficient (Wildman–Crippen LogP) is 6.31. The number of rotatable bonds is 7. The first-order chi connectivity index (χ1) is 17.6. The molecule has 0 aromatic carbocycles. The van der Waals surface area contributed by atoms with Gasteiger partial charge in [-0.1, -0.05) is 47.0 Å². The fourth-order valence-electron chi connectivity index (χ4n) is 5.67. The summed E-state index contributed by atoms with van der Waals surface area (Å²) in [5.41, 5.74) is 3.13. The summed E-state index contributed by atoms with van der Waals surface area (Å²) in [4.78, 5) is 30.5. The normalized spacial score (nSPS) is 21.5. The van der Waals surface area contributed by atoms with E-state index in [1.165, 1.54) is 50.5 Å². The zero-order chi connectivity index (χ0) is 26.3. The highest BCUT2D eigenvalue weighted by Gasteiger charge is 2.29. The van der Waals surface area contributed by atoms with Gasteiger partial charge in [0.1, 0.15) is 11.2 Å². The zero-order valence-electron chi connectivity index (χ0n) is 22.8. The quantitative estimate of drug-likeness (QED) is 0.388. The van der Waals surface area contributed by atoms with Gasteiger partial charge in [0.05, 0.1) is 0 Å². The van der Waals surface area contributed by atoms with Crippen LogP contribution < -0.4 is 5.32 Å². The van der Waals surface area contributed by atoms with Gasteiger partial charge in [0.15, 0.2) is 17.3 Å². The standard InChI is InChI=1S/C29H40N6O2/c1-17-9-11-19(12-10-17)16-35-23-24(31-18(2)20-7-6-8-20)32-26(28(36)37)33-25(23)34-27(35)22-15-21(13-14-30-22)29(3,4)5/h13-15,17-20H,6-12,16H2,1-5H3,(H,36,37)(H,31,32,33)/t17?,18-,19?/m1/s1. The number of aromatic nitrogens is 5. The van der Waals surface area contributed by atoms with Crippen LogP contribution in [0.3, 0.4) is 0 Å². The third-order valence-electron chi connectivity index (χ3n) is 8.45. The van der Waals surface area contributed by atoms with Crippen molar-refractivity contribution in [2.24, 2.45) is 17.8 Å². The summed E-state index contributed by atoms with van der Waals surface area (Å²) in [6.45, 7) is 11.9. The second-order valence-electron chi connectivity index (χ2n) is 12.3. The number of imidazole rings is 1. The van der Waals surface area contributed by atoms with E-state index in [0.29, 0.717) is 23.3 Å². The fraction of sp³-hybridized carbons (Fsp3) is 0.621. The van der Waals surface area contributed by atoms with Crippen LogP contribution in [0.1, 0.15) is 95.7 Å². The van der Waals surface area contributed by atoms with Gasteiger partial charge in [0.2, 0.25) is 5.82 Å². The second-order valence-corrected chi connectivity index (χ2v) is 12.3. The highest BCUT2D eigenvalue weighted by molar-refractivity contribution is 5.92. The summed E-state index contributed by atoms with van der Waals surface area (Å²) >= 11 is 0. The largest absolute Gasteiger partial charge is 0.475 e. The van der Waals surface area contributed by atoms with Gasteiger partial charge in [-0.15, -0.1) is 0 Å². The van der Waals surface area contributed by atoms with E-state index in [1.54, 1.807) is 0 Å². The Balaban J connectivity index is 1.66. The number of hydrogen-bond donors (Lipinski definition) is 2. The van der Waals surface area contributed by atoms with Crippen molar-refractivity contribution in [1.82, 2.24) is 24.5 Å². The molecule has 37 heavy (non-hydrogen) atoms. The monoisotopic (exact) mass is 504 g/mol. The molecule has 3 heterocycles. The number of carbonyl (C=O) groups is 1. The molecule has 2 fully saturated rings. The van der Waals surface area contributed by atoms with Gasteiger partial charge in [-0.3, -0.25) is 4.98 Å². The molecule has 3 aromatic heterocycles. The Hall–Kier alpha value is -3.03. The molecule has 0 radical (unpaired) electrons. The van der Waals surface area contributed by atoms with Crippen LogP contribution in [0.2, 0.25) is 0 Å². The van der Waals surface area contributed by atoms with Crippen LogP contribution in [0.4, 0.5) is 5.82 Å². The van der Waals surface area contributed by atoms with E-state index in [0.717, 1.165) is 29.5 Å². The summed E-state index contributed by atoms with van der Waals surface area (Å²) in [5.74, 6) is 1.78. The molecule has 2 N–H and O–H groups in total. The number of nitrogens with zero attached hydrogens (tertiary/aromatic N) is 5. The molecule has 3 aromatic rings. The Morgan fingerprint density at radius 1 is 1.14 bits per heavy atom. The molecule has 2 saturated carbocycles. The number of hydrogen-bond acceptors (Lipinski definition) is 6. The van der Waals surface area contributed by atoms with Crippen LogP contribution in [-0.2, 0) is 12.0 Å². The molecule has 0 saturated heterocycles. The van der Waals surface area contributed by atoms with Crippen molar-refractivity contribution in [3.05, 3.63) is 29.7 Å². The molecular formula is C29H40N6O2. The number of nitrogens with one attached hydrogen (secondary N) is 1. The first-order valence-electron chi connectivity index (χ1n) is 13.8. The molecule has 0 bridgehead atoms. The van der Waals surface area contributed by atoms with Crippen molar-refractivity contribution >= 4 is 23.0 Å². The van der Waals surface area contributed by atoms with Crippen molar-refractivity contribution in [1.29, 1.82) is 0 Å². The molecule has 0 amide bonds. The smallest absolute Gasteiger partial charge is 0.374 e. The lowest BCUT2D eigenvalue weighted by molar-refractivity contribution is 0.0684. The van der Waals surface area contributed by atoms with Gasteiger partial charge in [0, 0.05) is 18.8 Å². The van der Waals surface area contributed by atoms with E-state index in [1.807, 2.05) is 6.20 Å². The minimum atomic E-state index is -1.15. The SMILES string of the molecule is CC1CCC(Cn2c(-c3cc(C(C)(C)C)ccn3)nc3nc(C(=O)O)nc(N[C@H](C)C4CCC4)c32)CC1. The van der Waals surface area contributed by atoms with Gasteiger partial charge in [-0.2, -0.15) is 0 Å². The first-order valence-corrected chi connectivity index (χ1v) is 13.8. The van der Waals surface area contributed by atoms with E-state index < -0.39 is 5.97 Å². The molecule has 0 unspecified atom stereocenters. The maximum Gasteiger partial charge on any atom is 0.374 e. The van der Waals surface area contributed by atoms with Gasteiger partial charge >= 0.3 is 5.97 Å². The van der Waals surface area contributed by atoms with Crippen LogP contribution in [0.25, 0.3) is 22.7 Å². The number of fused-ring (bicyclic) bond motifs is 1.